The number of allylic oxidation sites excluding steroid dienone is 2. The van der Waals surface area contributed by atoms with Gasteiger partial charge in [-0.15, -0.1) is 0 Å². The summed E-state index contributed by atoms with van der Waals surface area (Å²) < 4.78 is 5.37. The van der Waals surface area contributed by atoms with Gasteiger partial charge in [-0.2, -0.15) is 0 Å². The number of carbonyl (C=O) groups is 1. The molecule has 3 nitrogen and oxygen atoms in total. The highest BCUT2D eigenvalue weighted by Crippen LogP contribution is 2.71. The first-order valence-corrected chi connectivity index (χ1v) is 6.82. The largest absolute Gasteiger partial charge is 0.423 e. The van der Waals surface area contributed by atoms with E-state index in [0.29, 0.717) is 23.7 Å². The molecule has 0 aromatic carbocycles. The van der Waals surface area contributed by atoms with E-state index in [9.17, 15) is 9.90 Å². The van der Waals surface area contributed by atoms with Gasteiger partial charge in [0, 0.05) is 17.8 Å². The molecular formula is C15H18O3. The molecule has 2 saturated carbocycles. The van der Waals surface area contributed by atoms with Crippen LogP contribution in [0.1, 0.15) is 26.7 Å². The van der Waals surface area contributed by atoms with Gasteiger partial charge < -0.3 is 9.84 Å². The average Bonchev–Trinajstić information content (AvgIpc) is 3.03. The van der Waals surface area contributed by atoms with Crippen molar-refractivity contribution in [2.24, 2.45) is 29.1 Å². The number of aliphatic hydroxyl groups is 1. The summed E-state index contributed by atoms with van der Waals surface area (Å²) in [5.74, 6) is 2.89. The molecule has 0 bridgehead atoms. The van der Waals surface area contributed by atoms with Gasteiger partial charge in [-0.3, -0.25) is 0 Å². The first-order valence-electron chi connectivity index (χ1n) is 6.82. The van der Waals surface area contributed by atoms with Gasteiger partial charge >= 0.3 is 5.97 Å². The minimum atomic E-state index is -0.187. The fourth-order valence-electron chi connectivity index (χ4n) is 4.70. The zero-order chi connectivity index (χ0) is 12.7. The Morgan fingerprint density at radius 3 is 3.00 bits per heavy atom. The number of carbonyl (C=O) groups excluding carboxylic acids is 1. The second-order valence-corrected chi connectivity index (χ2v) is 6.53. The maximum absolute atomic E-state index is 11.6. The van der Waals surface area contributed by atoms with Crippen LogP contribution >= 0.6 is 0 Å². The molecule has 0 aromatic heterocycles. The zero-order valence-electron chi connectivity index (χ0n) is 10.8. The molecular weight excluding hydrogens is 228 g/mol. The van der Waals surface area contributed by atoms with Gasteiger partial charge in [0.05, 0.1) is 0 Å². The molecule has 5 atom stereocenters. The third-order valence-electron chi connectivity index (χ3n) is 5.84. The molecule has 1 N–H and O–H groups in total. The number of fused-ring (bicyclic) bond motifs is 4. The molecule has 3 aliphatic carbocycles. The van der Waals surface area contributed by atoms with Crippen molar-refractivity contribution in [1.82, 2.24) is 0 Å². The van der Waals surface area contributed by atoms with Gasteiger partial charge in [0.25, 0.3) is 0 Å². The van der Waals surface area contributed by atoms with E-state index in [2.05, 4.69) is 13.0 Å². The van der Waals surface area contributed by atoms with Crippen molar-refractivity contribution in [2.75, 3.05) is 6.61 Å². The molecule has 5 unspecified atom stereocenters. The molecule has 1 heterocycles. The fraction of sp³-hybridized carbons (Fsp3) is 0.667. The van der Waals surface area contributed by atoms with Crippen LogP contribution in [0.15, 0.2) is 23.0 Å². The topological polar surface area (TPSA) is 46.5 Å². The highest BCUT2D eigenvalue weighted by atomic mass is 16.5. The molecule has 0 radical (unpaired) electrons. The van der Waals surface area contributed by atoms with E-state index in [1.807, 2.05) is 6.92 Å². The van der Waals surface area contributed by atoms with Crippen LogP contribution in [0.3, 0.4) is 0 Å². The lowest BCUT2D eigenvalue weighted by Gasteiger charge is -2.38. The summed E-state index contributed by atoms with van der Waals surface area (Å²) in [5.41, 5.74) is 1.98. The Morgan fingerprint density at radius 2 is 2.28 bits per heavy atom. The standard InChI is InChI=1S/C15H18O3/c1-7-8-3-12-10(6-16)9-4-11(9)15(12,2)5-13(8)18-14(7)17/h5,9-12,16H,3-4,6H2,1-2H3. The Balaban J connectivity index is 1.82. The van der Waals surface area contributed by atoms with Crippen LogP contribution in [-0.2, 0) is 9.53 Å². The van der Waals surface area contributed by atoms with Gasteiger partial charge in [0.2, 0.25) is 0 Å². The minimum Gasteiger partial charge on any atom is -0.423 e. The molecule has 0 spiro atoms. The predicted octanol–water partition coefficient (Wildman–Crippen LogP) is 2.03. The van der Waals surface area contributed by atoms with Crippen molar-refractivity contribution in [3.63, 3.8) is 0 Å². The Bertz CT molecular complexity index is 516. The maximum atomic E-state index is 11.6. The van der Waals surface area contributed by atoms with E-state index in [1.165, 1.54) is 6.42 Å². The summed E-state index contributed by atoms with van der Waals surface area (Å²) in [4.78, 5) is 11.6. The van der Waals surface area contributed by atoms with Gasteiger partial charge in [-0.25, -0.2) is 4.79 Å². The molecule has 0 aromatic rings. The van der Waals surface area contributed by atoms with Crippen molar-refractivity contribution < 1.29 is 14.6 Å². The van der Waals surface area contributed by atoms with E-state index in [4.69, 9.17) is 4.74 Å². The summed E-state index contributed by atoms with van der Waals surface area (Å²) in [6.45, 7) is 4.42. The SMILES string of the molecule is CC1=C2CC3C(CO)C4CC4C3(C)C=C2OC1=O. The van der Waals surface area contributed by atoms with Crippen LogP contribution < -0.4 is 0 Å². The van der Waals surface area contributed by atoms with E-state index in [0.717, 1.165) is 23.3 Å². The lowest BCUT2D eigenvalue weighted by atomic mass is 9.66. The Morgan fingerprint density at radius 1 is 1.50 bits per heavy atom. The summed E-state index contributed by atoms with van der Waals surface area (Å²) in [5, 5.41) is 9.64. The van der Waals surface area contributed by atoms with Gasteiger partial charge in [0.15, 0.2) is 0 Å². The summed E-state index contributed by atoms with van der Waals surface area (Å²) >= 11 is 0. The third kappa shape index (κ3) is 1.07. The summed E-state index contributed by atoms with van der Waals surface area (Å²) in [7, 11) is 0. The van der Waals surface area contributed by atoms with Crippen LogP contribution in [-0.4, -0.2) is 17.7 Å². The molecule has 1 aliphatic heterocycles. The number of ether oxygens (including phenoxy) is 1. The van der Waals surface area contributed by atoms with E-state index in [1.54, 1.807) is 0 Å². The quantitative estimate of drug-likeness (QED) is 0.720. The number of hydrogen-bond donors (Lipinski definition) is 1. The molecule has 96 valence electrons. The fourth-order valence-corrected chi connectivity index (χ4v) is 4.70. The van der Waals surface area contributed by atoms with Crippen LogP contribution in [0.2, 0.25) is 0 Å². The van der Waals surface area contributed by atoms with Gasteiger partial charge in [-0.05, 0) is 54.9 Å². The van der Waals surface area contributed by atoms with E-state index >= 15 is 0 Å². The monoisotopic (exact) mass is 246 g/mol. The van der Waals surface area contributed by atoms with Crippen molar-refractivity contribution in [2.45, 2.75) is 26.7 Å². The molecule has 2 fully saturated rings. The summed E-state index contributed by atoms with van der Waals surface area (Å²) in [6.07, 6.45) is 4.32. The highest BCUT2D eigenvalue weighted by Gasteiger charge is 2.66. The smallest absolute Gasteiger partial charge is 0.339 e. The third-order valence-corrected chi connectivity index (χ3v) is 5.84. The van der Waals surface area contributed by atoms with E-state index < -0.39 is 0 Å². The Kier molecular flexibility index (Phi) is 1.85. The van der Waals surface area contributed by atoms with E-state index in [-0.39, 0.29) is 18.0 Å². The minimum absolute atomic E-state index is 0.127. The lowest BCUT2D eigenvalue weighted by molar-refractivity contribution is -0.133. The number of esters is 1. The molecule has 4 aliphatic rings. The first kappa shape index (κ1) is 10.8. The molecule has 4 rings (SSSR count). The second kappa shape index (κ2) is 3.08. The van der Waals surface area contributed by atoms with Crippen molar-refractivity contribution >= 4 is 5.97 Å². The van der Waals surface area contributed by atoms with Crippen molar-refractivity contribution in [1.29, 1.82) is 0 Å². The lowest BCUT2D eigenvalue weighted by Crippen LogP contribution is -2.33. The first-order chi connectivity index (χ1) is 8.56. The Hall–Kier alpha value is -1.09. The summed E-state index contributed by atoms with van der Waals surface area (Å²) in [6, 6.07) is 0. The zero-order valence-corrected chi connectivity index (χ0v) is 10.8. The van der Waals surface area contributed by atoms with Gasteiger partial charge in [-0.1, -0.05) is 6.92 Å². The van der Waals surface area contributed by atoms with Crippen LogP contribution in [0.5, 0.6) is 0 Å². The molecule has 18 heavy (non-hydrogen) atoms. The number of hydrogen-bond acceptors (Lipinski definition) is 3. The van der Waals surface area contributed by atoms with Crippen LogP contribution in [0, 0.1) is 29.1 Å². The van der Waals surface area contributed by atoms with Crippen molar-refractivity contribution in [3.8, 4) is 0 Å². The van der Waals surface area contributed by atoms with Crippen LogP contribution in [0.4, 0.5) is 0 Å². The number of rotatable bonds is 1. The predicted molar refractivity (Wildman–Crippen MR) is 65.3 cm³/mol. The normalized spacial score (nSPS) is 48.4. The molecule has 0 amide bonds. The van der Waals surface area contributed by atoms with Gasteiger partial charge in [0.1, 0.15) is 5.76 Å². The average molecular weight is 246 g/mol. The van der Waals surface area contributed by atoms with Crippen LogP contribution in [0.25, 0.3) is 0 Å². The number of aliphatic hydroxyl groups excluding tert-OH is 1. The molecule has 0 saturated heterocycles. The Labute approximate surface area is 107 Å². The molecule has 3 heteroatoms. The van der Waals surface area contributed by atoms with Crippen molar-refractivity contribution in [3.05, 3.63) is 23.0 Å². The second-order valence-electron chi connectivity index (χ2n) is 6.53. The maximum Gasteiger partial charge on any atom is 0.339 e. The highest BCUT2D eigenvalue weighted by molar-refractivity contribution is 5.94.